The first-order chi connectivity index (χ1) is 24.1. The highest BCUT2D eigenvalue weighted by molar-refractivity contribution is 7.91. The number of halogens is 1. The van der Waals surface area contributed by atoms with Crippen molar-refractivity contribution in [3.63, 3.8) is 0 Å². The van der Waals surface area contributed by atoms with E-state index in [1.54, 1.807) is 20.8 Å². The molecule has 0 aromatic heterocycles. The Morgan fingerprint density at radius 3 is 2.51 bits per heavy atom. The molecule has 3 saturated carbocycles. The van der Waals surface area contributed by atoms with Crippen molar-refractivity contribution in [2.75, 3.05) is 13.2 Å². The highest BCUT2D eigenvalue weighted by atomic mass is 32.2. The van der Waals surface area contributed by atoms with Gasteiger partial charge in [0.15, 0.2) is 0 Å². The lowest BCUT2D eigenvalue weighted by molar-refractivity contribution is -0.143. The number of carbonyl (C=O) groups excluding carboxylic acids is 4. The van der Waals surface area contributed by atoms with Crippen LogP contribution in [0.4, 0.5) is 9.18 Å². The number of alkyl carbamates (subject to hydrolysis) is 1. The standard InChI is InChI=1S/C35H46FN5O9S/c1-5-20-18-35(20,32(44)40-51(46,47)24-11-12-24)38-30(42)27-17-23(50-39-26-14-15-48-28-13-10-21(36)16-25(26)28)19-41(27)31(43)29(34(2,3)4)37-33(45)49-22-8-6-7-9-22/h5,10,13,16,20,22-24,27,29H,1,6-9,11-12,14-15,17-19H2,2-4H3,(H,37,45)(H,38,42)(H,40,44)/b39-26+/t20-,23-,27+,29-,35+/m1/s1. The molecule has 3 aliphatic carbocycles. The molecule has 5 atom stereocenters. The number of nitrogens with one attached hydrogen (secondary N) is 3. The van der Waals surface area contributed by atoms with E-state index in [1.807, 2.05) is 0 Å². The monoisotopic (exact) mass is 731 g/mol. The van der Waals surface area contributed by atoms with Gasteiger partial charge in [0, 0.05) is 24.3 Å². The number of rotatable bonds is 11. The van der Waals surface area contributed by atoms with Crippen molar-refractivity contribution in [3.05, 3.63) is 42.2 Å². The van der Waals surface area contributed by atoms with Crippen LogP contribution in [0.5, 0.6) is 5.75 Å². The zero-order valence-corrected chi connectivity index (χ0v) is 29.9. The molecule has 16 heteroatoms. The van der Waals surface area contributed by atoms with Gasteiger partial charge in [-0.25, -0.2) is 17.6 Å². The van der Waals surface area contributed by atoms with Crippen LogP contribution in [-0.4, -0.2) is 91.1 Å². The number of sulfonamides is 1. The van der Waals surface area contributed by atoms with E-state index in [-0.39, 0.29) is 25.5 Å². The average molecular weight is 732 g/mol. The first-order valence-corrected chi connectivity index (χ1v) is 19.1. The third-order valence-electron chi connectivity index (χ3n) is 10.2. The van der Waals surface area contributed by atoms with Crippen LogP contribution in [-0.2, 0) is 34.0 Å². The number of carbonyl (C=O) groups is 4. The van der Waals surface area contributed by atoms with E-state index >= 15 is 0 Å². The van der Waals surface area contributed by atoms with E-state index < -0.39 is 80.0 Å². The van der Waals surface area contributed by atoms with Crippen molar-refractivity contribution in [2.45, 2.75) is 114 Å². The quantitative estimate of drug-likeness (QED) is 0.228. The SMILES string of the molecule is C=C[C@@H]1C[C@@]1(NC(=O)[C@@H]1C[C@@H](O/N=C2\CCOc3ccc(F)cc32)CN1C(=O)[C@@H](NC(=O)OC1CCCC1)C(C)(C)C)C(=O)NS(=O)(=O)C1CC1. The molecular formula is C35H46FN5O9S. The summed E-state index contributed by atoms with van der Waals surface area (Å²) < 4.78 is 52.7. The minimum atomic E-state index is -3.91. The number of nitrogens with zero attached hydrogens (tertiary/aromatic N) is 2. The number of amides is 4. The van der Waals surface area contributed by atoms with E-state index in [0.717, 1.165) is 25.7 Å². The van der Waals surface area contributed by atoms with E-state index in [1.165, 1.54) is 29.2 Å². The molecule has 0 radical (unpaired) electrons. The summed E-state index contributed by atoms with van der Waals surface area (Å²) in [5.41, 5.74) is -1.52. The van der Waals surface area contributed by atoms with Gasteiger partial charge in [0.25, 0.3) is 5.91 Å². The molecule has 5 aliphatic rings. The fraction of sp³-hybridized carbons (Fsp3) is 0.629. The molecule has 0 bridgehead atoms. The minimum Gasteiger partial charge on any atom is -0.492 e. The van der Waals surface area contributed by atoms with Crippen molar-refractivity contribution in [3.8, 4) is 5.75 Å². The second-order valence-corrected chi connectivity index (χ2v) is 17.1. The molecule has 0 unspecified atom stereocenters. The fourth-order valence-corrected chi connectivity index (χ4v) is 8.35. The second-order valence-electron chi connectivity index (χ2n) is 15.2. The van der Waals surface area contributed by atoms with Gasteiger partial charge in [0.05, 0.1) is 24.1 Å². The highest BCUT2D eigenvalue weighted by Crippen LogP contribution is 2.45. The summed E-state index contributed by atoms with van der Waals surface area (Å²) in [7, 11) is -3.91. The Kier molecular flexibility index (Phi) is 10.1. The van der Waals surface area contributed by atoms with Gasteiger partial charge in [-0.1, -0.05) is 32.0 Å². The van der Waals surface area contributed by atoms with Crippen LogP contribution in [0.25, 0.3) is 0 Å². The average Bonchev–Trinajstić information content (AvgIpc) is 3.95. The van der Waals surface area contributed by atoms with Crippen molar-refractivity contribution in [1.82, 2.24) is 20.3 Å². The summed E-state index contributed by atoms with van der Waals surface area (Å²) in [6.07, 6.45) is 4.38. The van der Waals surface area contributed by atoms with Gasteiger partial charge in [-0.15, -0.1) is 6.58 Å². The minimum absolute atomic E-state index is 0.0406. The molecule has 3 N–H and O–H groups in total. The summed E-state index contributed by atoms with van der Waals surface area (Å²) in [4.78, 5) is 62.1. The van der Waals surface area contributed by atoms with Crippen LogP contribution in [0, 0.1) is 17.2 Å². The smallest absolute Gasteiger partial charge is 0.408 e. The van der Waals surface area contributed by atoms with Gasteiger partial charge in [0.1, 0.15) is 41.4 Å². The summed E-state index contributed by atoms with van der Waals surface area (Å²) in [5, 5.41) is 9.12. The van der Waals surface area contributed by atoms with Gasteiger partial charge in [-0.2, -0.15) is 0 Å². The number of likely N-dealkylation sites (tertiary alicyclic amines) is 1. The molecule has 1 aromatic rings. The third kappa shape index (κ3) is 8.00. The van der Waals surface area contributed by atoms with E-state index in [2.05, 4.69) is 27.1 Å². The number of fused-ring (bicyclic) bond motifs is 1. The Balaban J connectivity index is 1.24. The maximum atomic E-state index is 14.4. The van der Waals surface area contributed by atoms with Gasteiger partial charge < -0.3 is 29.8 Å². The molecule has 4 amide bonds. The van der Waals surface area contributed by atoms with Crippen LogP contribution in [0.1, 0.15) is 84.1 Å². The Morgan fingerprint density at radius 2 is 1.86 bits per heavy atom. The van der Waals surface area contributed by atoms with Gasteiger partial charge in [0.2, 0.25) is 21.8 Å². The van der Waals surface area contributed by atoms with Crippen molar-refractivity contribution in [2.24, 2.45) is 16.5 Å². The molecule has 14 nitrogen and oxygen atoms in total. The summed E-state index contributed by atoms with van der Waals surface area (Å²) >= 11 is 0. The zero-order valence-electron chi connectivity index (χ0n) is 29.1. The Labute approximate surface area is 296 Å². The number of hydrogen-bond donors (Lipinski definition) is 3. The van der Waals surface area contributed by atoms with Crippen LogP contribution in [0.3, 0.4) is 0 Å². The number of oxime groups is 1. The normalized spacial score (nSPS) is 27.5. The maximum absolute atomic E-state index is 14.4. The Bertz CT molecular complexity index is 1720. The summed E-state index contributed by atoms with van der Waals surface area (Å²) in [5.74, 6) is -2.71. The van der Waals surface area contributed by atoms with Gasteiger partial charge >= 0.3 is 6.09 Å². The molecule has 2 aliphatic heterocycles. The zero-order chi connectivity index (χ0) is 36.7. The number of hydrogen-bond acceptors (Lipinski definition) is 10. The molecule has 6 rings (SSSR count). The largest absolute Gasteiger partial charge is 0.492 e. The Morgan fingerprint density at radius 1 is 1.14 bits per heavy atom. The summed E-state index contributed by atoms with van der Waals surface area (Å²) in [6, 6.07) is 1.78. The lowest BCUT2D eigenvalue weighted by Crippen LogP contribution is -2.60. The van der Waals surface area contributed by atoms with E-state index in [0.29, 0.717) is 42.9 Å². The predicted octanol–water partition coefficient (Wildman–Crippen LogP) is 3.05. The maximum Gasteiger partial charge on any atom is 0.408 e. The number of ether oxygens (including phenoxy) is 2. The molecule has 4 fully saturated rings. The van der Waals surface area contributed by atoms with Crippen LogP contribution in [0.15, 0.2) is 36.0 Å². The van der Waals surface area contributed by atoms with Crippen LogP contribution < -0.4 is 20.1 Å². The van der Waals surface area contributed by atoms with Crippen molar-refractivity contribution in [1.29, 1.82) is 0 Å². The van der Waals surface area contributed by atoms with Gasteiger partial charge in [-0.3, -0.25) is 19.1 Å². The molecule has 0 spiro atoms. The Hall–Kier alpha value is -4.21. The van der Waals surface area contributed by atoms with Crippen LogP contribution >= 0.6 is 0 Å². The molecule has 51 heavy (non-hydrogen) atoms. The predicted molar refractivity (Wildman–Crippen MR) is 182 cm³/mol. The second kappa shape index (κ2) is 14.1. The molecule has 1 saturated heterocycles. The lowest BCUT2D eigenvalue weighted by atomic mass is 9.85. The third-order valence-corrected chi connectivity index (χ3v) is 12.0. The van der Waals surface area contributed by atoms with Crippen molar-refractivity contribution < 1.29 is 46.3 Å². The number of benzene rings is 1. The van der Waals surface area contributed by atoms with E-state index in [9.17, 15) is 32.0 Å². The fourth-order valence-electron chi connectivity index (χ4n) is 6.99. The summed E-state index contributed by atoms with van der Waals surface area (Å²) in [6.45, 7) is 9.26. The molecule has 1 aromatic carbocycles. The highest BCUT2D eigenvalue weighted by Gasteiger charge is 2.62. The molecule has 278 valence electrons. The lowest BCUT2D eigenvalue weighted by Gasteiger charge is -2.35. The van der Waals surface area contributed by atoms with Gasteiger partial charge in [-0.05, 0) is 68.6 Å². The first-order valence-electron chi connectivity index (χ1n) is 17.5. The van der Waals surface area contributed by atoms with E-state index in [4.69, 9.17) is 14.3 Å². The first kappa shape index (κ1) is 36.6. The van der Waals surface area contributed by atoms with Crippen LogP contribution in [0.2, 0.25) is 0 Å². The van der Waals surface area contributed by atoms with Crippen molar-refractivity contribution >= 4 is 39.5 Å². The topological polar surface area (TPSA) is 182 Å². The molecular weight excluding hydrogens is 685 g/mol. The molecule has 2 heterocycles.